The molecule has 3 rings (SSSR count). The van der Waals surface area contributed by atoms with Crippen molar-refractivity contribution in [3.05, 3.63) is 54.1 Å². The van der Waals surface area contributed by atoms with E-state index in [0.717, 1.165) is 11.1 Å². The first kappa shape index (κ1) is 18.4. The maximum Gasteiger partial charge on any atom is 0.320 e. The zero-order chi connectivity index (χ0) is 17.1. The van der Waals surface area contributed by atoms with Crippen LogP contribution in [-0.4, -0.2) is 32.4 Å². The van der Waals surface area contributed by atoms with Crippen LogP contribution < -0.4 is 5.73 Å². The fourth-order valence-corrected chi connectivity index (χ4v) is 2.19. The summed E-state index contributed by atoms with van der Waals surface area (Å²) in [5, 5.41) is 22.1. The Hall–Kier alpha value is -2.90. The lowest BCUT2D eigenvalue weighted by molar-refractivity contribution is -0.138. The average molecular weight is 362 g/mol. The number of phenols is 1. The van der Waals surface area contributed by atoms with Crippen LogP contribution in [0.4, 0.5) is 0 Å². The molecule has 0 spiro atoms. The molecule has 1 atom stereocenters. The minimum Gasteiger partial charge on any atom is -0.508 e. The number of aliphatic carboxylic acids is 1. The molecule has 0 bridgehead atoms. The lowest BCUT2D eigenvalue weighted by Crippen LogP contribution is -2.32. The van der Waals surface area contributed by atoms with Gasteiger partial charge < -0.3 is 20.5 Å². The quantitative estimate of drug-likeness (QED) is 0.637. The molecule has 0 unspecified atom stereocenters. The van der Waals surface area contributed by atoms with Gasteiger partial charge >= 0.3 is 5.97 Å². The van der Waals surface area contributed by atoms with Crippen LogP contribution in [0.1, 0.15) is 5.56 Å². The zero-order valence-electron chi connectivity index (χ0n) is 13.0. The van der Waals surface area contributed by atoms with Gasteiger partial charge in [0.2, 0.25) is 5.82 Å². The van der Waals surface area contributed by atoms with E-state index in [1.165, 1.54) is 0 Å². The lowest BCUT2D eigenvalue weighted by Gasteiger charge is -2.06. The highest BCUT2D eigenvalue weighted by Gasteiger charge is 2.13. The minimum absolute atomic E-state index is 0. The summed E-state index contributed by atoms with van der Waals surface area (Å²) in [6.45, 7) is 0. The van der Waals surface area contributed by atoms with Crippen LogP contribution in [-0.2, 0) is 11.2 Å². The van der Waals surface area contributed by atoms with Gasteiger partial charge in [-0.25, -0.2) is 0 Å². The van der Waals surface area contributed by atoms with Crippen molar-refractivity contribution in [3.8, 4) is 28.6 Å². The first-order valence-corrected chi connectivity index (χ1v) is 7.24. The summed E-state index contributed by atoms with van der Waals surface area (Å²) >= 11 is 0. The molecule has 3 aromatic rings. The molecular weight excluding hydrogens is 346 g/mol. The van der Waals surface area contributed by atoms with E-state index in [9.17, 15) is 9.90 Å². The van der Waals surface area contributed by atoms with Gasteiger partial charge in [-0.3, -0.25) is 4.79 Å². The summed E-state index contributed by atoms with van der Waals surface area (Å²) < 4.78 is 5.23. The molecule has 0 fully saturated rings. The summed E-state index contributed by atoms with van der Waals surface area (Å²) in [6, 6.07) is 12.7. The van der Waals surface area contributed by atoms with Gasteiger partial charge in [0.15, 0.2) is 0 Å². The Morgan fingerprint density at radius 2 is 1.68 bits per heavy atom. The van der Waals surface area contributed by atoms with Crippen molar-refractivity contribution >= 4 is 18.4 Å². The number of nitrogens with two attached hydrogens (primary N) is 1. The van der Waals surface area contributed by atoms with E-state index in [0.29, 0.717) is 17.3 Å². The first-order valence-electron chi connectivity index (χ1n) is 7.24. The highest BCUT2D eigenvalue weighted by atomic mass is 35.5. The molecule has 7 nitrogen and oxygen atoms in total. The Bertz CT molecular complexity index is 847. The molecule has 4 N–H and O–H groups in total. The third kappa shape index (κ3) is 4.34. The van der Waals surface area contributed by atoms with E-state index in [2.05, 4.69) is 10.1 Å². The predicted octanol–water partition coefficient (Wildman–Crippen LogP) is 2.49. The number of rotatable bonds is 5. The second-order valence-electron chi connectivity index (χ2n) is 5.32. The molecule has 8 heteroatoms. The zero-order valence-corrected chi connectivity index (χ0v) is 13.8. The number of benzene rings is 2. The molecule has 0 aliphatic rings. The highest BCUT2D eigenvalue weighted by Crippen LogP contribution is 2.24. The molecule has 0 saturated carbocycles. The standard InChI is InChI=1S/C17H15N3O4.ClH/c18-14(17(22)23)9-10-1-3-11(4-2-10)15-19-16(24-20-15)12-5-7-13(21)8-6-12;/h1-8,14,21H,9,18H2,(H,22,23);1H/t14-;/m0./s1. The molecule has 2 aromatic carbocycles. The van der Waals surface area contributed by atoms with Crippen molar-refractivity contribution in [1.29, 1.82) is 0 Å². The Morgan fingerprint density at radius 1 is 1.08 bits per heavy atom. The maximum atomic E-state index is 10.8. The Kier molecular flexibility index (Phi) is 5.74. The van der Waals surface area contributed by atoms with Crippen LogP contribution >= 0.6 is 12.4 Å². The van der Waals surface area contributed by atoms with E-state index in [4.69, 9.17) is 15.4 Å². The number of aromatic hydroxyl groups is 1. The predicted molar refractivity (Wildman–Crippen MR) is 93.4 cm³/mol. The van der Waals surface area contributed by atoms with E-state index in [1.807, 2.05) is 0 Å². The number of aromatic nitrogens is 2. The minimum atomic E-state index is -1.03. The molecule has 130 valence electrons. The molecule has 0 amide bonds. The van der Waals surface area contributed by atoms with Gasteiger partial charge in [-0.05, 0) is 36.2 Å². The van der Waals surface area contributed by atoms with Crippen molar-refractivity contribution in [1.82, 2.24) is 10.1 Å². The Balaban J connectivity index is 0.00000225. The number of nitrogens with zero attached hydrogens (tertiary/aromatic N) is 2. The third-order valence-corrected chi connectivity index (χ3v) is 3.53. The van der Waals surface area contributed by atoms with Gasteiger partial charge in [0, 0.05) is 11.1 Å². The molecule has 1 aromatic heterocycles. The van der Waals surface area contributed by atoms with Gasteiger partial charge in [-0.2, -0.15) is 4.98 Å². The van der Waals surface area contributed by atoms with Crippen LogP contribution in [0.5, 0.6) is 5.75 Å². The Morgan fingerprint density at radius 3 is 2.28 bits per heavy atom. The molecular formula is C17H16ClN3O4. The number of hydrogen-bond acceptors (Lipinski definition) is 6. The van der Waals surface area contributed by atoms with Crippen LogP contribution in [0.3, 0.4) is 0 Å². The fraction of sp³-hybridized carbons (Fsp3) is 0.118. The summed E-state index contributed by atoms with van der Waals surface area (Å²) in [4.78, 5) is 15.1. The molecule has 1 heterocycles. The monoisotopic (exact) mass is 361 g/mol. The van der Waals surface area contributed by atoms with Crippen molar-refractivity contribution in [2.45, 2.75) is 12.5 Å². The number of carboxylic acids is 1. The normalized spacial score (nSPS) is 11.6. The first-order chi connectivity index (χ1) is 11.5. The molecule has 0 saturated heterocycles. The number of carbonyl (C=O) groups is 1. The van der Waals surface area contributed by atoms with Gasteiger partial charge in [-0.15, -0.1) is 12.4 Å². The van der Waals surface area contributed by atoms with Gasteiger partial charge in [-0.1, -0.05) is 29.4 Å². The topological polar surface area (TPSA) is 122 Å². The summed E-state index contributed by atoms with van der Waals surface area (Å²) in [6.07, 6.45) is 0.251. The largest absolute Gasteiger partial charge is 0.508 e. The van der Waals surface area contributed by atoms with Crippen molar-refractivity contribution in [2.75, 3.05) is 0 Å². The highest BCUT2D eigenvalue weighted by molar-refractivity contribution is 5.85. The van der Waals surface area contributed by atoms with Crippen LogP contribution in [0.2, 0.25) is 0 Å². The fourth-order valence-electron chi connectivity index (χ4n) is 2.19. The smallest absolute Gasteiger partial charge is 0.320 e. The number of hydrogen-bond donors (Lipinski definition) is 3. The van der Waals surface area contributed by atoms with Crippen LogP contribution in [0, 0.1) is 0 Å². The van der Waals surface area contributed by atoms with Gasteiger partial charge in [0.05, 0.1) is 0 Å². The van der Waals surface area contributed by atoms with Gasteiger partial charge in [0.1, 0.15) is 11.8 Å². The summed E-state index contributed by atoms with van der Waals surface area (Å²) in [5.74, 6) is -0.0986. The van der Waals surface area contributed by atoms with E-state index < -0.39 is 12.0 Å². The van der Waals surface area contributed by atoms with E-state index in [1.54, 1.807) is 48.5 Å². The van der Waals surface area contributed by atoms with Crippen molar-refractivity contribution in [3.63, 3.8) is 0 Å². The molecule has 0 radical (unpaired) electrons. The van der Waals surface area contributed by atoms with Crippen LogP contribution in [0.15, 0.2) is 53.1 Å². The lowest BCUT2D eigenvalue weighted by atomic mass is 10.0. The third-order valence-electron chi connectivity index (χ3n) is 3.53. The van der Waals surface area contributed by atoms with E-state index in [-0.39, 0.29) is 24.6 Å². The number of phenolic OH excluding ortho intramolecular Hbond substituents is 1. The van der Waals surface area contributed by atoms with E-state index >= 15 is 0 Å². The summed E-state index contributed by atoms with van der Waals surface area (Å²) in [7, 11) is 0. The maximum absolute atomic E-state index is 10.8. The Labute approximate surface area is 149 Å². The second-order valence-corrected chi connectivity index (χ2v) is 5.32. The molecule has 0 aliphatic carbocycles. The van der Waals surface area contributed by atoms with Crippen molar-refractivity contribution in [2.24, 2.45) is 5.73 Å². The second kappa shape index (κ2) is 7.78. The molecule has 0 aliphatic heterocycles. The summed E-state index contributed by atoms with van der Waals surface area (Å²) in [5.41, 5.74) is 7.79. The average Bonchev–Trinajstić information content (AvgIpc) is 3.06. The SMILES string of the molecule is Cl.N[C@@H](Cc1ccc(-c2noc(-c3ccc(O)cc3)n2)cc1)C(=O)O. The number of carboxylic acid groups (broad SMARTS) is 1. The van der Waals surface area contributed by atoms with Gasteiger partial charge in [0.25, 0.3) is 5.89 Å². The van der Waals surface area contributed by atoms with Crippen LogP contribution in [0.25, 0.3) is 22.8 Å². The van der Waals surface area contributed by atoms with Crippen molar-refractivity contribution < 1.29 is 19.5 Å². The number of halogens is 1. The molecule has 25 heavy (non-hydrogen) atoms.